The molecule has 2 aliphatic carbocycles. The summed E-state index contributed by atoms with van der Waals surface area (Å²) in [7, 11) is 0. The van der Waals surface area contributed by atoms with Gasteiger partial charge in [0.25, 0.3) is 0 Å². The molecule has 2 unspecified atom stereocenters. The van der Waals surface area contributed by atoms with E-state index in [1.807, 2.05) is 0 Å². The van der Waals surface area contributed by atoms with Crippen LogP contribution in [0.2, 0.25) is 0 Å². The van der Waals surface area contributed by atoms with Gasteiger partial charge in [-0.3, -0.25) is 9.59 Å². The summed E-state index contributed by atoms with van der Waals surface area (Å²) in [5.41, 5.74) is 0.00588. The third kappa shape index (κ3) is 11.0. The van der Waals surface area contributed by atoms with Gasteiger partial charge in [-0.05, 0) is 123 Å². The topological polar surface area (TPSA) is 484 Å². The fraction of sp³-hybridized carbons (Fsp3) is 0.209. The van der Waals surface area contributed by atoms with Crippen molar-refractivity contribution >= 4 is 27.5 Å². The van der Waals surface area contributed by atoms with Crippen molar-refractivity contribution < 1.29 is 121 Å². The van der Waals surface area contributed by atoms with Crippen LogP contribution in [0.4, 0.5) is 0 Å². The number of hydrogen-bond donors (Lipinski definition) is 20. The average Bonchev–Trinajstić information content (AvgIpc) is 1.75. The summed E-state index contributed by atoms with van der Waals surface area (Å²) in [5, 5.41) is 209. The Bertz CT molecular complexity index is 4750. The maximum absolute atomic E-state index is 13.7. The zero-order valence-electron chi connectivity index (χ0n) is 48.0. The number of carbonyl (C=O) groups excluding carboxylic acids is 1. The van der Waals surface area contributed by atoms with Crippen molar-refractivity contribution in [3.63, 3.8) is 0 Å². The molecule has 9 aromatic rings. The summed E-state index contributed by atoms with van der Waals surface area (Å²) in [5.74, 6) is -12.4. The van der Waals surface area contributed by atoms with E-state index in [0.717, 1.165) is 48.5 Å². The van der Waals surface area contributed by atoms with Crippen LogP contribution in [0.15, 0.2) is 107 Å². The molecule has 26 nitrogen and oxygen atoms in total. The Morgan fingerprint density at radius 2 is 0.742 bits per heavy atom. The molecular formula is C67H56O26. The van der Waals surface area contributed by atoms with Crippen molar-refractivity contribution in [2.24, 2.45) is 0 Å². The lowest BCUT2D eigenvalue weighted by Gasteiger charge is -2.34. The van der Waals surface area contributed by atoms with Crippen LogP contribution in [-0.4, -0.2) is 133 Å². The van der Waals surface area contributed by atoms with E-state index in [1.165, 1.54) is 48.5 Å². The largest absolute Gasteiger partial charge is 0.508 e. The number of fused-ring (bicyclic) bond motifs is 6. The zero-order valence-corrected chi connectivity index (χ0v) is 48.0. The average molecular weight is 1280 g/mol. The van der Waals surface area contributed by atoms with E-state index in [-0.39, 0.29) is 134 Å². The second kappa shape index (κ2) is 23.0. The summed E-state index contributed by atoms with van der Waals surface area (Å²) in [6, 6.07) is 18.4. The molecule has 0 amide bonds. The van der Waals surface area contributed by atoms with Crippen LogP contribution in [0.5, 0.6) is 109 Å². The maximum atomic E-state index is 13.7. The number of rotatable bonds is 6. The van der Waals surface area contributed by atoms with Gasteiger partial charge < -0.3 is 116 Å². The third-order valence-corrected chi connectivity index (χ3v) is 17.5. The van der Waals surface area contributed by atoms with Gasteiger partial charge in [-0.15, -0.1) is 0 Å². The van der Waals surface area contributed by atoms with Crippen molar-refractivity contribution in [1.82, 2.24) is 0 Å². The van der Waals surface area contributed by atoms with E-state index in [9.17, 15) is 117 Å². The van der Waals surface area contributed by atoms with Crippen molar-refractivity contribution in [1.29, 1.82) is 0 Å². The number of carbonyl (C=O) groups is 1. The highest BCUT2D eigenvalue weighted by Crippen LogP contribution is 2.50. The zero-order chi connectivity index (χ0) is 66.7. The molecular weight excluding hydrogens is 1220 g/mol. The number of ether oxygens (including phenoxy) is 3. The second-order valence-corrected chi connectivity index (χ2v) is 23.4. The lowest BCUT2D eigenvalue weighted by molar-refractivity contribution is -0.0188. The fourth-order valence-electron chi connectivity index (χ4n) is 13.0. The molecule has 13 rings (SSSR count). The second-order valence-electron chi connectivity index (χ2n) is 23.4. The molecule has 4 aliphatic rings. The Labute approximate surface area is 521 Å². The summed E-state index contributed by atoms with van der Waals surface area (Å²) < 4.78 is 17.8. The van der Waals surface area contributed by atoms with Crippen LogP contribution >= 0.6 is 0 Å². The number of benzene rings is 7. The van der Waals surface area contributed by atoms with E-state index in [2.05, 4.69) is 0 Å². The van der Waals surface area contributed by atoms with Crippen LogP contribution in [0.3, 0.4) is 0 Å². The van der Waals surface area contributed by atoms with Crippen LogP contribution in [0.1, 0.15) is 90.0 Å². The highest BCUT2D eigenvalue weighted by atomic mass is 16.6. The molecule has 0 aromatic heterocycles. The summed E-state index contributed by atoms with van der Waals surface area (Å²) >= 11 is 0. The molecule has 2 heterocycles. The van der Waals surface area contributed by atoms with Crippen LogP contribution < -0.4 is 20.3 Å². The fourth-order valence-corrected chi connectivity index (χ4v) is 13.0. The molecule has 9 aromatic carbocycles. The van der Waals surface area contributed by atoms with Gasteiger partial charge >= 0.3 is 5.97 Å². The first-order valence-corrected chi connectivity index (χ1v) is 28.6. The number of esters is 1. The number of aliphatic hydroxyl groups is 3. The van der Waals surface area contributed by atoms with Crippen LogP contribution in [0.25, 0.3) is 21.5 Å². The number of hydrogen-bond acceptors (Lipinski definition) is 26. The molecule has 2 aliphatic heterocycles. The molecule has 26 heteroatoms. The minimum Gasteiger partial charge on any atom is -0.508 e. The number of aromatic hydroxyl groups is 17. The smallest absolute Gasteiger partial charge is 0.338 e. The monoisotopic (exact) mass is 1280 g/mol. The minimum absolute atomic E-state index is 0.00916. The molecule has 0 saturated heterocycles. The normalized spacial score (nSPS) is 20.3. The molecule has 0 spiro atoms. The third-order valence-electron chi connectivity index (χ3n) is 17.5. The summed E-state index contributed by atoms with van der Waals surface area (Å²) in [4.78, 5) is 40.3. The molecule has 0 radical (unpaired) electrons. The first-order valence-electron chi connectivity index (χ1n) is 28.6. The van der Waals surface area contributed by atoms with Crippen molar-refractivity contribution in [3.8, 4) is 109 Å². The van der Waals surface area contributed by atoms with E-state index in [0.29, 0.717) is 22.3 Å². The number of aliphatic hydroxyl groups excluding tert-OH is 3. The van der Waals surface area contributed by atoms with Crippen molar-refractivity contribution in [2.45, 2.75) is 87.0 Å². The highest BCUT2D eigenvalue weighted by Gasteiger charge is 2.40. The Kier molecular flexibility index (Phi) is 15.2. The van der Waals surface area contributed by atoms with Crippen molar-refractivity contribution in [2.75, 3.05) is 0 Å². The van der Waals surface area contributed by atoms with E-state index in [1.54, 1.807) is 0 Å². The standard InChI is InChI=1S/C37H30O15.C30H26O11/c38-16-1-13-2-20(25(42)10-18(13)23(40)7-16)19-11-29(46)35(49)32-21(19)3-14(4-28(45)34(32)48)36-31(12-22-24(41)8-17(39)9-30(22)51-36)52-37(50)15-5-26(43)33(47)27(44)6-15;31-13-1-11-2-17(22(35)8-15(11)20(33)5-13)16-9-24(37)29(40)27-18(16)3-12(4-23(36)28(27)39)30-25(38)10-19-21(34)6-14(32)7-26(19)41-30/h1,3-9,11,20,25,31,36,38-44,46-47,49H,2,10,12H2,(H,45,48);1,3-7,9,17,22,25,30-35,37-38,40H,2,8,10H2,(H,36,39)/t20-,25-,31+,36?;17-,22-,25-,30?/m11/s1. The summed E-state index contributed by atoms with van der Waals surface area (Å²) in [6.45, 7) is 0. The van der Waals surface area contributed by atoms with Gasteiger partial charge in [-0.2, -0.15) is 0 Å². The van der Waals surface area contributed by atoms with Gasteiger partial charge in [-0.1, -0.05) is 0 Å². The lowest BCUT2D eigenvalue weighted by atomic mass is 9.76. The molecule has 0 bridgehead atoms. The van der Waals surface area contributed by atoms with E-state index >= 15 is 0 Å². The molecule has 8 atom stereocenters. The first-order chi connectivity index (χ1) is 44.0. The lowest BCUT2D eigenvalue weighted by Crippen LogP contribution is -2.34. The van der Waals surface area contributed by atoms with Gasteiger partial charge in [0.15, 0.2) is 57.8 Å². The van der Waals surface area contributed by atoms with Crippen LogP contribution in [0, 0.1) is 0 Å². The summed E-state index contributed by atoms with van der Waals surface area (Å²) in [6.07, 6.45) is -8.02. The molecule has 0 fully saturated rings. The van der Waals surface area contributed by atoms with Gasteiger partial charge in [0.1, 0.15) is 69.7 Å². The van der Waals surface area contributed by atoms with Gasteiger partial charge in [0, 0.05) is 90.6 Å². The molecule has 480 valence electrons. The minimum atomic E-state index is -1.44. The highest BCUT2D eigenvalue weighted by molar-refractivity contribution is 5.96. The predicted molar refractivity (Wildman–Crippen MR) is 323 cm³/mol. The van der Waals surface area contributed by atoms with Crippen molar-refractivity contribution in [3.05, 3.63) is 179 Å². The maximum Gasteiger partial charge on any atom is 0.338 e. The Hall–Kier alpha value is -11.6. The van der Waals surface area contributed by atoms with E-state index < -0.39 is 139 Å². The van der Waals surface area contributed by atoms with Gasteiger partial charge in [0.2, 0.25) is 10.9 Å². The van der Waals surface area contributed by atoms with Crippen LogP contribution in [-0.2, 0) is 43.3 Å². The predicted octanol–water partition coefficient (Wildman–Crippen LogP) is 5.82. The molecule has 20 N–H and O–H groups in total. The molecule has 93 heavy (non-hydrogen) atoms. The first kappa shape index (κ1) is 61.6. The van der Waals surface area contributed by atoms with Gasteiger partial charge in [-0.25, -0.2) is 4.79 Å². The SMILES string of the molecule is O=C(O[C@H]1Cc2c(O)cc(O)cc2OC1c1cc(O)c(=O)c2c(O)c(O)cc([C@H]3Cc4cc(O)cc(O)c4C[C@H]3O)c2c1)c1cc(O)c(O)c(O)c1.O=c1c(O)cc(C2Oc3cc(O)cc(O)c3C[C@H]2O)cc2c([C@H]3Cc4cc(O)cc(O)c4C[C@H]3O)cc(O)c(O)c12. The Morgan fingerprint density at radius 1 is 0.366 bits per heavy atom. The quantitative estimate of drug-likeness (QED) is 0.0688. The Balaban J connectivity index is 0.000000184. The number of phenols is 15. The van der Waals surface area contributed by atoms with Gasteiger partial charge in [0.05, 0.1) is 34.6 Å². The van der Waals surface area contributed by atoms with E-state index in [4.69, 9.17) is 14.2 Å². The Morgan fingerprint density at radius 3 is 1.19 bits per heavy atom. The molecule has 0 saturated carbocycles. The number of phenolic OH excluding ortho intramolecular Hbond substituents is 15.